The summed E-state index contributed by atoms with van der Waals surface area (Å²) in [5.74, 6) is -0.977. The lowest BCUT2D eigenvalue weighted by Gasteiger charge is -2.17. The van der Waals surface area contributed by atoms with Crippen molar-refractivity contribution in [1.29, 1.82) is 0 Å². The van der Waals surface area contributed by atoms with Crippen LogP contribution in [0.1, 0.15) is 24.3 Å². The molecular formula is C11H14N2O6. The van der Waals surface area contributed by atoms with E-state index in [1.807, 2.05) is 0 Å². The van der Waals surface area contributed by atoms with Gasteiger partial charge in [-0.25, -0.2) is 4.79 Å². The largest absolute Gasteiger partial charge is 0.464 e. The lowest BCUT2D eigenvalue weighted by atomic mass is 10.1. The fourth-order valence-corrected chi connectivity index (χ4v) is 1.49. The Morgan fingerprint density at radius 3 is 2.68 bits per heavy atom. The maximum absolute atomic E-state index is 11.3. The zero-order chi connectivity index (χ0) is 14.6. The first-order valence-corrected chi connectivity index (χ1v) is 5.52. The molecule has 0 aromatic carbocycles. The lowest BCUT2D eigenvalue weighted by Crippen LogP contribution is -2.30. The third kappa shape index (κ3) is 3.46. The highest BCUT2D eigenvalue weighted by molar-refractivity contribution is 5.75. The normalized spacial score (nSPS) is 13.7. The summed E-state index contributed by atoms with van der Waals surface area (Å²) in [6, 6.07) is 1.20. The fraction of sp³-hybridized carbons (Fsp3) is 0.455. The summed E-state index contributed by atoms with van der Waals surface area (Å²) in [4.78, 5) is 24.9. The van der Waals surface area contributed by atoms with Gasteiger partial charge in [-0.2, -0.15) is 0 Å². The molecule has 0 amide bonds. The van der Waals surface area contributed by atoms with Crippen molar-refractivity contribution in [2.75, 3.05) is 6.61 Å². The van der Waals surface area contributed by atoms with Crippen LogP contribution >= 0.6 is 0 Å². The van der Waals surface area contributed by atoms with Crippen molar-refractivity contribution < 1.29 is 24.7 Å². The van der Waals surface area contributed by atoms with Crippen LogP contribution in [0.5, 0.6) is 0 Å². The monoisotopic (exact) mass is 270 g/mol. The van der Waals surface area contributed by atoms with Crippen LogP contribution in [-0.2, 0) is 9.53 Å². The molecule has 1 aromatic heterocycles. The molecule has 0 bridgehead atoms. The van der Waals surface area contributed by atoms with Gasteiger partial charge in [-0.05, 0) is 19.4 Å². The molecule has 0 radical (unpaired) electrons. The van der Waals surface area contributed by atoms with Crippen molar-refractivity contribution in [2.45, 2.75) is 26.1 Å². The number of hydrogen-bond acceptors (Lipinski definition) is 7. The van der Waals surface area contributed by atoms with E-state index in [9.17, 15) is 25.1 Å². The van der Waals surface area contributed by atoms with E-state index in [1.54, 1.807) is 6.92 Å². The molecule has 0 aliphatic heterocycles. The molecule has 2 unspecified atom stereocenters. The van der Waals surface area contributed by atoms with Crippen LogP contribution < -0.4 is 0 Å². The molecule has 8 heteroatoms. The van der Waals surface area contributed by atoms with Gasteiger partial charge in [0.25, 0.3) is 5.69 Å². The Kier molecular flexibility index (Phi) is 4.90. The van der Waals surface area contributed by atoms with E-state index in [0.717, 1.165) is 6.20 Å². The molecule has 0 fully saturated rings. The number of esters is 1. The van der Waals surface area contributed by atoms with Gasteiger partial charge in [0.05, 0.1) is 17.2 Å². The average molecular weight is 270 g/mol. The van der Waals surface area contributed by atoms with Gasteiger partial charge in [0.1, 0.15) is 12.3 Å². The first kappa shape index (κ1) is 15.0. The van der Waals surface area contributed by atoms with E-state index >= 15 is 0 Å². The van der Waals surface area contributed by atoms with Gasteiger partial charge in [0.15, 0.2) is 6.10 Å². The molecule has 0 spiro atoms. The smallest absolute Gasteiger partial charge is 0.338 e. The number of nitro groups is 1. The predicted octanol–water partition coefficient (Wildman–Crippen LogP) is 0.256. The zero-order valence-electron chi connectivity index (χ0n) is 10.4. The predicted molar refractivity (Wildman–Crippen MR) is 63.2 cm³/mol. The molecule has 2 N–H and O–H groups in total. The van der Waals surface area contributed by atoms with Gasteiger partial charge >= 0.3 is 5.97 Å². The summed E-state index contributed by atoms with van der Waals surface area (Å²) >= 11 is 0. The highest BCUT2D eigenvalue weighted by atomic mass is 16.6. The van der Waals surface area contributed by atoms with Crippen LogP contribution in [0.2, 0.25) is 0 Å². The number of aliphatic hydroxyl groups excluding tert-OH is 2. The van der Waals surface area contributed by atoms with Gasteiger partial charge in [-0.1, -0.05) is 0 Å². The van der Waals surface area contributed by atoms with Crippen molar-refractivity contribution in [3.63, 3.8) is 0 Å². The second-order valence-electron chi connectivity index (χ2n) is 3.79. The van der Waals surface area contributed by atoms with Crippen molar-refractivity contribution in [3.05, 3.63) is 33.6 Å². The minimum atomic E-state index is -1.78. The second-order valence-corrected chi connectivity index (χ2v) is 3.79. The third-order valence-corrected chi connectivity index (χ3v) is 2.42. The van der Waals surface area contributed by atoms with Gasteiger partial charge < -0.3 is 14.9 Å². The Labute approximate surface area is 108 Å². The number of ether oxygens (including phenoxy) is 1. The van der Waals surface area contributed by atoms with E-state index < -0.39 is 23.1 Å². The summed E-state index contributed by atoms with van der Waals surface area (Å²) in [5, 5.41) is 29.9. The molecule has 0 aliphatic rings. The first-order valence-electron chi connectivity index (χ1n) is 5.52. The van der Waals surface area contributed by atoms with Crippen molar-refractivity contribution in [2.24, 2.45) is 0 Å². The van der Waals surface area contributed by atoms with E-state index in [2.05, 4.69) is 9.72 Å². The second kappa shape index (κ2) is 6.21. The first-order chi connectivity index (χ1) is 8.88. The number of aliphatic hydroxyl groups is 2. The molecule has 1 heterocycles. The summed E-state index contributed by atoms with van der Waals surface area (Å²) in [6.07, 6.45) is -2.43. The number of aryl methyl sites for hydroxylation is 1. The molecular weight excluding hydrogens is 256 g/mol. The number of aromatic nitrogens is 1. The molecule has 8 nitrogen and oxygen atoms in total. The third-order valence-electron chi connectivity index (χ3n) is 2.42. The highest BCUT2D eigenvalue weighted by Gasteiger charge is 2.29. The van der Waals surface area contributed by atoms with Crippen LogP contribution in [-0.4, -0.2) is 38.8 Å². The quantitative estimate of drug-likeness (QED) is 0.446. The number of carbonyl (C=O) groups is 1. The maximum atomic E-state index is 11.3. The molecule has 104 valence electrons. The standard InChI is InChI=1S/C11H14N2O6/c1-3-19-11(16)10(15)9(14)8-6(2)4-7(5-12-8)13(17)18/h4-5,9-10,14-15H,3H2,1-2H3. The summed E-state index contributed by atoms with van der Waals surface area (Å²) in [6.45, 7) is 3.11. The topological polar surface area (TPSA) is 123 Å². The molecule has 0 aliphatic carbocycles. The van der Waals surface area contributed by atoms with Crippen LogP contribution in [0.3, 0.4) is 0 Å². The highest BCUT2D eigenvalue weighted by Crippen LogP contribution is 2.22. The van der Waals surface area contributed by atoms with Crippen molar-refractivity contribution >= 4 is 11.7 Å². The van der Waals surface area contributed by atoms with E-state index in [0.29, 0.717) is 5.56 Å². The van der Waals surface area contributed by atoms with Crippen LogP contribution in [0.25, 0.3) is 0 Å². The van der Waals surface area contributed by atoms with E-state index in [-0.39, 0.29) is 18.0 Å². The Bertz CT molecular complexity index is 490. The van der Waals surface area contributed by atoms with Gasteiger partial charge in [0.2, 0.25) is 0 Å². The molecule has 1 aromatic rings. The van der Waals surface area contributed by atoms with Gasteiger partial charge in [0, 0.05) is 6.07 Å². The van der Waals surface area contributed by atoms with Crippen LogP contribution in [0, 0.1) is 17.0 Å². The van der Waals surface area contributed by atoms with E-state index in [4.69, 9.17) is 0 Å². The average Bonchev–Trinajstić information content (AvgIpc) is 2.37. The summed E-state index contributed by atoms with van der Waals surface area (Å²) < 4.78 is 4.56. The Balaban J connectivity index is 2.96. The lowest BCUT2D eigenvalue weighted by molar-refractivity contribution is -0.385. The van der Waals surface area contributed by atoms with Crippen LogP contribution in [0.15, 0.2) is 12.3 Å². The molecule has 1 rings (SSSR count). The van der Waals surface area contributed by atoms with Gasteiger partial charge in [-0.15, -0.1) is 0 Å². The molecule has 2 atom stereocenters. The number of carbonyl (C=O) groups excluding carboxylic acids is 1. The maximum Gasteiger partial charge on any atom is 0.338 e. The molecule has 19 heavy (non-hydrogen) atoms. The summed E-state index contributed by atoms with van der Waals surface area (Å²) in [7, 11) is 0. The van der Waals surface area contributed by atoms with E-state index in [1.165, 1.54) is 13.0 Å². The van der Waals surface area contributed by atoms with Crippen molar-refractivity contribution in [1.82, 2.24) is 4.98 Å². The van der Waals surface area contributed by atoms with Gasteiger partial charge in [-0.3, -0.25) is 15.1 Å². The molecule has 0 saturated heterocycles. The number of hydrogen-bond donors (Lipinski definition) is 2. The fourth-order valence-electron chi connectivity index (χ4n) is 1.49. The zero-order valence-corrected chi connectivity index (χ0v) is 10.4. The minimum Gasteiger partial charge on any atom is -0.464 e. The Morgan fingerprint density at radius 2 is 2.21 bits per heavy atom. The van der Waals surface area contributed by atoms with Crippen LogP contribution in [0.4, 0.5) is 5.69 Å². The summed E-state index contributed by atoms with van der Waals surface area (Å²) in [5.41, 5.74) is 0.0512. The number of pyridine rings is 1. The van der Waals surface area contributed by atoms with Crippen molar-refractivity contribution in [3.8, 4) is 0 Å². The Hall–Kier alpha value is -2.06. The minimum absolute atomic E-state index is 0.00819. The number of nitrogens with zero attached hydrogens (tertiary/aromatic N) is 2. The SMILES string of the molecule is CCOC(=O)C(O)C(O)c1ncc([N+](=O)[O-])cc1C. The molecule has 0 saturated carbocycles. The number of rotatable bonds is 5. The Morgan fingerprint density at radius 1 is 1.58 bits per heavy atom.